The molecule has 2 heterocycles. The molecule has 0 radical (unpaired) electrons. The highest BCUT2D eigenvalue weighted by molar-refractivity contribution is 5.91. The third kappa shape index (κ3) is 3.19. The molecule has 0 fully saturated rings. The van der Waals surface area contributed by atoms with Crippen molar-refractivity contribution in [2.24, 2.45) is 0 Å². The maximum atomic E-state index is 9.87. The number of hydrogen-bond acceptors (Lipinski definition) is 5. The monoisotopic (exact) mass is 370 g/mol. The third-order valence-corrected chi connectivity index (χ3v) is 4.60. The van der Waals surface area contributed by atoms with E-state index in [2.05, 4.69) is 16.8 Å². The molecule has 7 heteroatoms. The molecule has 1 aliphatic heterocycles. The standard InChI is InChI=1S/C19H17NO4.CH2O2/c1-23-18-4-3-11-7-15-13-9-17(22)16(21)8-12(13)5-6-20(15)10-14(11)19(18)24-2;2-1-3/h3-4,7-10,22H,5-6H2,1-2H3;1H,(H,2,3)/p+1. The second-order valence-corrected chi connectivity index (χ2v) is 6.01. The van der Waals surface area contributed by atoms with E-state index in [9.17, 15) is 10.2 Å². The van der Waals surface area contributed by atoms with E-state index in [0.717, 1.165) is 40.6 Å². The molecule has 0 saturated heterocycles. The minimum absolute atomic E-state index is 0.0746. The van der Waals surface area contributed by atoms with Crippen molar-refractivity contribution in [2.45, 2.75) is 13.0 Å². The number of hydrogen-bond donors (Lipinski definition) is 3. The Labute approximate surface area is 155 Å². The van der Waals surface area contributed by atoms with Gasteiger partial charge in [0.2, 0.25) is 5.69 Å². The van der Waals surface area contributed by atoms with E-state index in [0.29, 0.717) is 11.5 Å². The molecule has 3 N–H and O–H groups in total. The summed E-state index contributed by atoms with van der Waals surface area (Å²) < 4.78 is 13.1. The number of nitrogens with zero attached hydrogens (tertiary/aromatic N) is 1. The van der Waals surface area contributed by atoms with Crippen molar-refractivity contribution < 1.29 is 34.2 Å². The van der Waals surface area contributed by atoms with Crippen molar-refractivity contribution in [3.63, 3.8) is 0 Å². The molecule has 140 valence electrons. The highest BCUT2D eigenvalue weighted by Gasteiger charge is 2.26. The average molecular weight is 370 g/mol. The maximum absolute atomic E-state index is 9.87. The predicted molar refractivity (Wildman–Crippen MR) is 98.4 cm³/mol. The lowest BCUT2D eigenvalue weighted by Crippen LogP contribution is -2.40. The Kier molecular flexibility index (Phi) is 5.03. The number of aromatic hydroxyl groups is 2. The van der Waals surface area contributed by atoms with Crippen LogP contribution in [-0.2, 0) is 17.8 Å². The van der Waals surface area contributed by atoms with Crippen molar-refractivity contribution in [2.75, 3.05) is 14.2 Å². The highest BCUT2D eigenvalue weighted by atomic mass is 16.5. The van der Waals surface area contributed by atoms with Crippen molar-refractivity contribution in [3.8, 4) is 34.3 Å². The molecular weight excluding hydrogens is 350 g/mol. The maximum Gasteiger partial charge on any atom is 0.290 e. The topological polar surface area (TPSA) is 100 Å². The first-order valence-electron chi connectivity index (χ1n) is 8.25. The first kappa shape index (κ1) is 18.3. The number of rotatable bonds is 2. The average Bonchev–Trinajstić information content (AvgIpc) is 2.67. The Balaban J connectivity index is 0.000000659. The van der Waals surface area contributed by atoms with Gasteiger partial charge < -0.3 is 24.8 Å². The van der Waals surface area contributed by atoms with Crippen LogP contribution in [0, 0.1) is 0 Å². The van der Waals surface area contributed by atoms with Gasteiger partial charge in [-0.3, -0.25) is 4.79 Å². The summed E-state index contributed by atoms with van der Waals surface area (Å²) in [6.45, 7) is 0.544. The Morgan fingerprint density at radius 1 is 1.07 bits per heavy atom. The van der Waals surface area contributed by atoms with Crippen molar-refractivity contribution in [1.29, 1.82) is 0 Å². The highest BCUT2D eigenvalue weighted by Crippen LogP contribution is 2.39. The number of benzene rings is 2. The van der Waals surface area contributed by atoms with Crippen LogP contribution in [0.4, 0.5) is 0 Å². The van der Waals surface area contributed by atoms with E-state index in [1.54, 1.807) is 26.4 Å². The number of fused-ring (bicyclic) bond motifs is 4. The first-order chi connectivity index (χ1) is 13.0. The summed E-state index contributed by atoms with van der Waals surface area (Å²) in [5.41, 5.74) is 2.98. The number of phenolic OH excluding ortho intramolecular Hbond substituents is 2. The van der Waals surface area contributed by atoms with Gasteiger partial charge in [0.05, 0.1) is 25.2 Å². The summed E-state index contributed by atoms with van der Waals surface area (Å²) in [4.78, 5) is 8.36. The molecular formula is C20H20NO6+. The number of ether oxygens (including phenoxy) is 2. The fourth-order valence-electron chi connectivity index (χ4n) is 3.40. The van der Waals surface area contributed by atoms with Gasteiger partial charge in [-0.25, -0.2) is 0 Å². The molecule has 2 aromatic carbocycles. The fourth-order valence-corrected chi connectivity index (χ4v) is 3.40. The summed E-state index contributed by atoms with van der Waals surface area (Å²) in [7, 11) is 3.26. The summed E-state index contributed by atoms with van der Waals surface area (Å²) in [5.74, 6) is 1.23. The summed E-state index contributed by atoms with van der Waals surface area (Å²) in [5, 5.41) is 28.5. The van der Waals surface area contributed by atoms with E-state index in [1.807, 2.05) is 12.1 Å². The van der Waals surface area contributed by atoms with Crippen LogP contribution in [0.25, 0.3) is 22.0 Å². The molecule has 0 amide bonds. The minimum atomic E-state index is -0.250. The first-order valence-corrected chi connectivity index (χ1v) is 8.25. The Morgan fingerprint density at radius 3 is 2.44 bits per heavy atom. The van der Waals surface area contributed by atoms with E-state index in [-0.39, 0.29) is 18.0 Å². The van der Waals surface area contributed by atoms with Crippen LogP contribution in [0.3, 0.4) is 0 Å². The van der Waals surface area contributed by atoms with Gasteiger partial charge in [0, 0.05) is 12.5 Å². The van der Waals surface area contributed by atoms with Gasteiger partial charge in [-0.15, -0.1) is 0 Å². The van der Waals surface area contributed by atoms with Crippen LogP contribution in [0.15, 0.2) is 36.5 Å². The minimum Gasteiger partial charge on any atom is -0.504 e. The van der Waals surface area contributed by atoms with Crippen LogP contribution in [0.5, 0.6) is 23.0 Å². The zero-order chi connectivity index (χ0) is 19.6. The van der Waals surface area contributed by atoms with Gasteiger partial charge in [-0.1, -0.05) is 0 Å². The zero-order valence-electron chi connectivity index (χ0n) is 15.0. The number of methoxy groups -OCH3 is 2. The molecule has 4 rings (SSSR count). The Bertz CT molecular complexity index is 1020. The van der Waals surface area contributed by atoms with E-state index >= 15 is 0 Å². The third-order valence-electron chi connectivity index (χ3n) is 4.60. The second-order valence-electron chi connectivity index (χ2n) is 6.01. The lowest BCUT2D eigenvalue weighted by molar-refractivity contribution is -0.686. The lowest BCUT2D eigenvalue weighted by Gasteiger charge is -2.17. The number of aromatic nitrogens is 1. The van der Waals surface area contributed by atoms with Crippen molar-refractivity contribution in [3.05, 3.63) is 42.1 Å². The van der Waals surface area contributed by atoms with Crippen LogP contribution in [-0.4, -0.2) is 36.0 Å². The Morgan fingerprint density at radius 2 is 1.78 bits per heavy atom. The molecule has 1 aromatic heterocycles. The normalized spacial score (nSPS) is 11.6. The summed E-state index contributed by atoms with van der Waals surface area (Å²) in [6, 6.07) is 9.23. The van der Waals surface area contributed by atoms with Gasteiger partial charge in [0.25, 0.3) is 6.47 Å². The smallest absolute Gasteiger partial charge is 0.290 e. The van der Waals surface area contributed by atoms with Crippen molar-refractivity contribution >= 4 is 17.2 Å². The summed E-state index contributed by atoms with van der Waals surface area (Å²) >= 11 is 0. The van der Waals surface area contributed by atoms with Gasteiger partial charge in [0.1, 0.15) is 0 Å². The molecule has 0 spiro atoms. The van der Waals surface area contributed by atoms with Crippen LogP contribution < -0.4 is 14.0 Å². The quantitative estimate of drug-likeness (QED) is 0.364. The SMILES string of the molecule is COc1ccc2cc3[n+](cc2c1OC)CCc1cc(O)c(O)cc1-3.O=CO. The van der Waals surface area contributed by atoms with Gasteiger partial charge >= 0.3 is 0 Å². The number of pyridine rings is 1. The molecule has 0 aliphatic carbocycles. The number of carboxylic acid groups (broad SMARTS) is 1. The molecule has 0 unspecified atom stereocenters. The Hall–Kier alpha value is -3.48. The molecule has 27 heavy (non-hydrogen) atoms. The van der Waals surface area contributed by atoms with E-state index < -0.39 is 0 Å². The van der Waals surface area contributed by atoms with Crippen LogP contribution in [0.2, 0.25) is 0 Å². The van der Waals surface area contributed by atoms with Crippen molar-refractivity contribution in [1.82, 2.24) is 0 Å². The molecule has 0 atom stereocenters. The predicted octanol–water partition coefficient (Wildman–Crippen LogP) is 2.48. The summed E-state index contributed by atoms with van der Waals surface area (Å²) in [6.07, 6.45) is 2.84. The lowest BCUT2D eigenvalue weighted by atomic mass is 9.95. The van der Waals surface area contributed by atoms with E-state index in [1.165, 1.54) is 0 Å². The molecule has 0 bridgehead atoms. The number of phenols is 2. The van der Waals surface area contributed by atoms with Gasteiger partial charge in [-0.2, -0.15) is 4.57 Å². The molecule has 1 aliphatic rings. The second kappa shape index (κ2) is 7.41. The largest absolute Gasteiger partial charge is 0.504 e. The van der Waals surface area contributed by atoms with Crippen LogP contribution >= 0.6 is 0 Å². The number of carbonyl (C=O) groups is 1. The molecule has 7 nitrogen and oxygen atoms in total. The number of aryl methyl sites for hydroxylation is 2. The van der Waals surface area contributed by atoms with E-state index in [4.69, 9.17) is 19.4 Å². The zero-order valence-corrected chi connectivity index (χ0v) is 15.0. The molecule has 0 saturated carbocycles. The fraction of sp³-hybridized carbons (Fsp3) is 0.200. The molecule has 3 aromatic rings. The van der Waals surface area contributed by atoms with Gasteiger partial charge in [0.15, 0.2) is 35.7 Å². The van der Waals surface area contributed by atoms with Crippen LogP contribution in [0.1, 0.15) is 5.56 Å². The van der Waals surface area contributed by atoms with Gasteiger partial charge in [-0.05, 0) is 35.2 Å².